The first-order chi connectivity index (χ1) is 10.8. The molecule has 0 saturated heterocycles. The van der Waals surface area contributed by atoms with Crippen molar-refractivity contribution in [2.24, 2.45) is 0 Å². The first kappa shape index (κ1) is 17.6. The Hall–Kier alpha value is -1.78. The molecule has 0 fully saturated rings. The number of hydrogen-bond donors (Lipinski definition) is 0. The fourth-order valence-electron chi connectivity index (χ4n) is 2.73. The molecule has 0 heterocycles. The highest BCUT2D eigenvalue weighted by Crippen LogP contribution is 2.31. The molecule has 0 aromatic heterocycles. The van der Waals surface area contributed by atoms with Gasteiger partial charge in [0, 0.05) is 5.02 Å². The van der Waals surface area contributed by atoms with Crippen molar-refractivity contribution in [3.8, 4) is 0 Å². The minimum atomic E-state index is -3.69. The molecule has 5 heteroatoms. The Labute approximate surface area is 143 Å². The third-order valence-electron chi connectivity index (χ3n) is 3.58. The monoisotopic (exact) mass is 349 g/mol. The van der Waals surface area contributed by atoms with E-state index in [9.17, 15) is 8.42 Å². The Bertz CT molecular complexity index is 804. The summed E-state index contributed by atoms with van der Waals surface area (Å²) in [5, 5.41) is 0.502. The van der Waals surface area contributed by atoms with E-state index in [1.807, 2.05) is 32.9 Å². The standard InChI is InChI=1S/C18H20ClNO2S/c1-5-10-20(18-14(3)11-13(2)12-15(18)4)23(21,22)17-8-6-16(19)7-9-17/h5-9,11-12H,1,10H2,2-4H3. The van der Waals surface area contributed by atoms with E-state index in [2.05, 4.69) is 6.58 Å². The molecule has 0 atom stereocenters. The summed E-state index contributed by atoms with van der Waals surface area (Å²) in [5.41, 5.74) is 3.64. The zero-order valence-electron chi connectivity index (χ0n) is 13.5. The van der Waals surface area contributed by atoms with Crippen molar-refractivity contribution in [3.63, 3.8) is 0 Å². The molecule has 0 amide bonds. The molecule has 122 valence electrons. The van der Waals surface area contributed by atoms with E-state index in [-0.39, 0.29) is 11.4 Å². The minimum Gasteiger partial charge on any atom is -0.262 e. The van der Waals surface area contributed by atoms with Crippen molar-refractivity contribution in [1.29, 1.82) is 0 Å². The summed E-state index contributed by atoms with van der Waals surface area (Å²) in [6.07, 6.45) is 1.59. The fraction of sp³-hybridized carbons (Fsp3) is 0.222. The van der Waals surface area contributed by atoms with Crippen molar-refractivity contribution < 1.29 is 8.42 Å². The fourth-order valence-corrected chi connectivity index (χ4v) is 4.42. The molecule has 0 spiro atoms. The van der Waals surface area contributed by atoms with E-state index in [4.69, 9.17) is 11.6 Å². The third kappa shape index (κ3) is 3.59. The molecule has 2 rings (SSSR count). The Morgan fingerprint density at radius 2 is 1.61 bits per heavy atom. The lowest BCUT2D eigenvalue weighted by molar-refractivity contribution is 0.592. The maximum Gasteiger partial charge on any atom is 0.264 e. The second kappa shape index (κ2) is 6.77. The molecule has 0 aliphatic carbocycles. The van der Waals surface area contributed by atoms with Gasteiger partial charge in [0.15, 0.2) is 0 Å². The predicted octanol–water partition coefficient (Wildman–Crippen LogP) is 4.65. The van der Waals surface area contributed by atoms with Crippen LogP contribution in [-0.4, -0.2) is 15.0 Å². The normalized spacial score (nSPS) is 11.3. The van der Waals surface area contributed by atoms with Crippen molar-refractivity contribution >= 4 is 27.3 Å². The van der Waals surface area contributed by atoms with Crippen LogP contribution in [0.4, 0.5) is 5.69 Å². The second-order valence-corrected chi connectivity index (χ2v) is 7.82. The van der Waals surface area contributed by atoms with Crippen LogP contribution >= 0.6 is 11.6 Å². The van der Waals surface area contributed by atoms with E-state index in [0.29, 0.717) is 10.7 Å². The SMILES string of the molecule is C=CCN(c1c(C)cc(C)cc1C)S(=O)(=O)c1ccc(Cl)cc1. The highest BCUT2D eigenvalue weighted by atomic mass is 35.5. The number of halogens is 1. The number of sulfonamides is 1. The van der Waals surface area contributed by atoms with Crippen LogP contribution in [0.25, 0.3) is 0 Å². The number of aryl methyl sites for hydroxylation is 3. The van der Waals surface area contributed by atoms with Gasteiger partial charge in [0.05, 0.1) is 17.1 Å². The number of nitrogens with zero attached hydrogens (tertiary/aromatic N) is 1. The van der Waals surface area contributed by atoms with Crippen LogP contribution in [-0.2, 0) is 10.0 Å². The Morgan fingerprint density at radius 3 is 2.09 bits per heavy atom. The van der Waals surface area contributed by atoms with Crippen LogP contribution in [0.2, 0.25) is 5.02 Å². The Kier molecular flexibility index (Phi) is 5.17. The van der Waals surface area contributed by atoms with Gasteiger partial charge in [0.2, 0.25) is 0 Å². The summed E-state index contributed by atoms with van der Waals surface area (Å²) in [6, 6.07) is 10.2. The van der Waals surface area contributed by atoms with E-state index >= 15 is 0 Å². The van der Waals surface area contributed by atoms with Gasteiger partial charge in [0.25, 0.3) is 10.0 Å². The molecule has 0 radical (unpaired) electrons. The van der Waals surface area contributed by atoms with Crippen LogP contribution in [0.5, 0.6) is 0 Å². The molecule has 3 nitrogen and oxygen atoms in total. The lowest BCUT2D eigenvalue weighted by atomic mass is 10.1. The lowest BCUT2D eigenvalue weighted by Crippen LogP contribution is -2.32. The third-order valence-corrected chi connectivity index (χ3v) is 5.61. The molecule has 0 bridgehead atoms. The Morgan fingerprint density at radius 1 is 1.09 bits per heavy atom. The lowest BCUT2D eigenvalue weighted by Gasteiger charge is -2.27. The molecule has 0 saturated carbocycles. The van der Waals surface area contributed by atoms with Crippen molar-refractivity contribution in [1.82, 2.24) is 0 Å². The molecule has 0 aliphatic heterocycles. The van der Waals surface area contributed by atoms with Gasteiger partial charge in [-0.05, 0) is 56.2 Å². The van der Waals surface area contributed by atoms with Crippen LogP contribution in [0.1, 0.15) is 16.7 Å². The molecule has 0 N–H and O–H groups in total. The topological polar surface area (TPSA) is 37.4 Å². The number of rotatable bonds is 5. The number of benzene rings is 2. The second-order valence-electron chi connectivity index (χ2n) is 5.53. The minimum absolute atomic E-state index is 0.204. The summed E-state index contributed by atoms with van der Waals surface area (Å²) >= 11 is 5.86. The average molecular weight is 350 g/mol. The first-order valence-electron chi connectivity index (χ1n) is 7.24. The summed E-state index contributed by atoms with van der Waals surface area (Å²) in [6.45, 7) is 9.74. The van der Waals surface area contributed by atoms with Gasteiger partial charge in [-0.3, -0.25) is 4.31 Å². The predicted molar refractivity (Wildman–Crippen MR) is 96.8 cm³/mol. The molecule has 2 aromatic rings. The van der Waals surface area contributed by atoms with Gasteiger partial charge in [-0.15, -0.1) is 6.58 Å². The Balaban J connectivity index is 2.63. The van der Waals surface area contributed by atoms with E-state index < -0.39 is 10.0 Å². The van der Waals surface area contributed by atoms with Crippen molar-refractivity contribution in [3.05, 3.63) is 70.8 Å². The molecule has 2 aromatic carbocycles. The molecule has 23 heavy (non-hydrogen) atoms. The van der Waals surface area contributed by atoms with E-state index in [1.165, 1.54) is 16.4 Å². The highest BCUT2D eigenvalue weighted by molar-refractivity contribution is 7.92. The van der Waals surface area contributed by atoms with Gasteiger partial charge < -0.3 is 0 Å². The maximum atomic E-state index is 13.1. The number of hydrogen-bond acceptors (Lipinski definition) is 2. The summed E-state index contributed by atoms with van der Waals surface area (Å²) in [7, 11) is -3.69. The van der Waals surface area contributed by atoms with E-state index in [1.54, 1.807) is 18.2 Å². The first-order valence-corrected chi connectivity index (χ1v) is 9.06. The van der Waals surface area contributed by atoms with E-state index in [0.717, 1.165) is 16.7 Å². The van der Waals surface area contributed by atoms with Crippen LogP contribution < -0.4 is 4.31 Å². The quantitative estimate of drug-likeness (QED) is 0.737. The van der Waals surface area contributed by atoms with Gasteiger partial charge in [0.1, 0.15) is 0 Å². The van der Waals surface area contributed by atoms with Crippen LogP contribution in [0, 0.1) is 20.8 Å². The molecule has 0 aliphatic rings. The maximum absolute atomic E-state index is 13.1. The largest absolute Gasteiger partial charge is 0.264 e. The highest BCUT2D eigenvalue weighted by Gasteiger charge is 2.26. The van der Waals surface area contributed by atoms with Crippen LogP contribution in [0.3, 0.4) is 0 Å². The van der Waals surface area contributed by atoms with Gasteiger partial charge >= 0.3 is 0 Å². The van der Waals surface area contributed by atoms with Crippen molar-refractivity contribution in [2.75, 3.05) is 10.8 Å². The molecular weight excluding hydrogens is 330 g/mol. The smallest absolute Gasteiger partial charge is 0.262 e. The molecule has 0 unspecified atom stereocenters. The van der Waals surface area contributed by atoms with Gasteiger partial charge in [-0.2, -0.15) is 0 Å². The van der Waals surface area contributed by atoms with Gasteiger partial charge in [-0.1, -0.05) is 35.4 Å². The zero-order valence-corrected chi connectivity index (χ0v) is 15.1. The van der Waals surface area contributed by atoms with Crippen LogP contribution in [0.15, 0.2) is 53.9 Å². The summed E-state index contributed by atoms with van der Waals surface area (Å²) < 4.78 is 27.5. The molecular formula is C18H20ClNO2S. The summed E-state index contributed by atoms with van der Waals surface area (Å²) in [4.78, 5) is 0.211. The average Bonchev–Trinajstić information content (AvgIpc) is 2.45. The number of anilines is 1. The zero-order chi connectivity index (χ0) is 17.2. The van der Waals surface area contributed by atoms with Crippen molar-refractivity contribution in [2.45, 2.75) is 25.7 Å². The summed E-state index contributed by atoms with van der Waals surface area (Å²) in [5.74, 6) is 0. The van der Waals surface area contributed by atoms with Gasteiger partial charge in [-0.25, -0.2) is 8.42 Å².